The molecule has 24 heavy (non-hydrogen) atoms. The number of halogens is 1. The van der Waals surface area contributed by atoms with Gasteiger partial charge in [0.25, 0.3) is 0 Å². The number of fused-ring (bicyclic) bond motifs is 2. The van der Waals surface area contributed by atoms with Crippen LogP contribution in [0.15, 0.2) is 35.7 Å². The molecular formula is C18H22ClN3OS. The molecule has 0 aliphatic carbocycles. The van der Waals surface area contributed by atoms with E-state index in [9.17, 15) is 4.79 Å². The van der Waals surface area contributed by atoms with Gasteiger partial charge in [-0.25, -0.2) is 0 Å². The molecule has 0 spiro atoms. The highest BCUT2D eigenvalue weighted by Crippen LogP contribution is 2.25. The lowest BCUT2D eigenvalue weighted by molar-refractivity contribution is -0.130. The molecule has 4 nitrogen and oxygen atoms in total. The van der Waals surface area contributed by atoms with Crippen LogP contribution in [0, 0.1) is 0 Å². The lowest BCUT2D eigenvalue weighted by Crippen LogP contribution is -2.43. The Balaban J connectivity index is 0.00000169. The van der Waals surface area contributed by atoms with Crippen molar-refractivity contribution >= 4 is 35.3 Å². The molecule has 1 aromatic heterocycles. The summed E-state index contributed by atoms with van der Waals surface area (Å²) in [6.45, 7) is 4.75. The quantitative estimate of drug-likeness (QED) is 0.891. The van der Waals surface area contributed by atoms with E-state index in [1.54, 1.807) is 0 Å². The topological polar surface area (TPSA) is 35.6 Å². The van der Waals surface area contributed by atoms with Gasteiger partial charge in [-0.15, -0.1) is 23.7 Å². The summed E-state index contributed by atoms with van der Waals surface area (Å²) in [7, 11) is 0. The van der Waals surface area contributed by atoms with E-state index in [1.807, 2.05) is 16.2 Å². The smallest absolute Gasteiger partial charge is 0.242 e. The van der Waals surface area contributed by atoms with Gasteiger partial charge >= 0.3 is 0 Å². The second-order valence-electron chi connectivity index (χ2n) is 6.16. The van der Waals surface area contributed by atoms with E-state index < -0.39 is 0 Å². The number of rotatable bonds is 2. The fraction of sp³-hybridized carbons (Fsp3) is 0.389. The molecule has 128 valence electrons. The Morgan fingerprint density at radius 1 is 1.17 bits per heavy atom. The van der Waals surface area contributed by atoms with Crippen molar-refractivity contribution in [2.45, 2.75) is 19.5 Å². The third kappa shape index (κ3) is 3.43. The fourth-order valence-corrected chi connectivity index (χ4v) is 4.30. The van der Waals surface area contributed by atoms with Crippen LogP contribution >= 0.6 is 23.7 Å². The van der Waals surface area contributed by atoms with Crippen LogP contribution in [0.3, 0.4) is 0 Å². The highest BCUT2D eigenvalue weighted by atomic mass is 35.5. The Morgan fingerprint density at radius 2 is 2.04 bits per heavy atom. The lowest BCUT2D eigenvalue weighted by Gasteiger charge is -2.31. The van der Waals surface area contributed by atoms with E-state index in [0.717, 1.165) is 39.1 Å². The number of carbonyl (C=O) groups excluding carboxylic acids is 1. The third-order valence-corrected chi connectivity index (χ3v) is 5.72. The maximum atomic E-state index is 12.8. The van der Waals surface area contributed by atoms with Crippen LogP contribution in [-0.4, -0.2) is 37.0 Å². The number of hydrogen-bond donors (Lipinski definition) is 1. The molecule has 0 saturated carbocycles. The Labute approximate surface area is 152 Å². The predicted octanol–water partition coefficient (Wildman–Crippen LogP) is 2.66. The standard InChI is InChI=1S/C18H21N3OS.ClH/c22-18(21-8-5-17-15(12-21)6-10-23-17)13-20-9-7-19-11-14-3-1-2-4-16(14)20;/h1-4,6,10,19H,5,7-9,11-13H2;1H. The van der Waals surface area contributed by atoms with Crippen molar-refractivity contribution < 1.29 is 4.79 Å². The van der Waals surface area contributed by atoms with Crippen LogP contribution in [-0.2, 0) is 24.3 Å². The summed E-state index contributed by atoms with van der Waals surface area (Å²) < 4.78 is 0. The summed E-state index contributed by atoms with van der Waals surface area (Å²) in [6, 6.07) is 10.5. The van der Waals surface area contributed by atoms with Gasteiger partial charge in [-0.05, 0) is 35.1 Å². The molecule has 4 rings (SSSR count). The minimum absolute atomic E-state index is 0. The Kier molecular flexibility index (Phi) is 5.43. The van der Waals surface area contributed by atoms with Crippen LogP contribution < -0.4 is 10.2 Å². The number of benzene rings is 1. The van der Waals surface area contributed by atoms with E-state index >= 15 is 0 Å². The summed E-state index contributed by atoms with van der Waals surface area (Å²) in [5.41, 5.74) is 3.79. The first-order valence-electron chi connectivity index (χ1n) is 8.18. The van der Waals surface area contributed by atoms with Gasteiger partial charge in [0.15, 0.2) is 0 Å². The molecule has 3 heterocycles. The average Bonchev–Trinajstić information content (AvgIpc) is 2.96. The van der Waals surface area contributed by atoms with E-state index in [4.69, 9.17) is 0 Å². The zero-order valence-electron chi connectivity index (χ0n) is 13.5. The van der Waals surface area contributed by atoms with Crippen molar-refractivity contribution in [3.8, 4) is 0 Å². The van der Waals surface area contributed by atoms with Crippen molar-refractivity contribution in [2.24, 2.45) is 0 Å². The zero-order chi connectivity index (χ0) is 15.6. The van der Waals surface area contributed by atoms with Gasteiger partial charge in [0.1, 0.15) is 0 Å². The maximum Gasteiger partial charge on any atom is 0.242 e. The van der Waals surface area contributed by atoms with Crippen molar-refractivity contribution in [3.05, 3.63) is 51.7 Å². The molecule has 0 radical (unpaired) electrons. The highest BCUT2D eigenvalue weighted by Gasteiger charge is 2.24. The first kappa shape index (κ1) is 17.3. The van der Waals surface area contributed by atoms with Gasteiger partial charge in [0.2, 0.25) is 5.91 Å². The van der Waals surface area contributed by atoms with Gasteiger partial charge in [-0.1, -0.05) is 18.2 Å². The summed E-state index contributed by atoms with van der Waals surface area (Å²) in [5.74, 6) is 0.235. The number of nitrogens with one attached hydrogen (secondary N) is 1. The SMILES string of the molecule is Cl.O=C(CN1CCNCc2ccccc21)N1CCc2sccc2C1. The number of anilines is 1. The monoisotopic (exact) mass is 363 g/mol. The van der Waals surface area contributed by atoms with E-state index in [2.05, 4.69) is 45.9 Å². The molecule has 1 amide bonds. The molecule has 0 atom stereocenters. The first-order valence-corrected chi connectivity index (χ1v) is 9.06. The Bertz CT molecular complexity index is 718. The van der Waals surface area contributed by atoms with Gasteiger partial charge in [-0.3, -0.25) is 4.79 Å². The highest BCUT2D eigenvalue weighted by molar-refractivity contribution is 7.10. The molecule has 0 fully saturated rings. The first-order chi connectivity index (χ1) is 11.3. The lowest BCUT2D eigenvalue weighted by atomic mass is 10.1. The molecule has 2 aliphatic rings. The minimum atomic E-state index is 0. The van der Waals surface area contributed by atoms with Crippen molar-refractivity contribution in [2.75, 3.05) is 31.1 Å². The summed E-state index contributed by atoms with van der Waals surface area (Å²) in [4.78, 5) is 18.5. The molecule has 2 aromatic rings. The van der Waals surface area contributed by atoms with Crippen LogP contribution in [0.4, 0.5) is 5.69 Å². The summed E-state index contributed by atoms with van der Waals surface area (Å²) >= 11 is 1.81. The second kappa shape index (κ2) is 7.55. The second-order valence-corrected chi connectivity index (χ2v) is 7.16. The average molecular weight is 364 g/mol. The molecule has 0 unspecified atom stereocenters. The number of thiophene rings is 1. The van der Waals surface area contributed by atoms with Gasteiger partial charge in [0.05, 0.1) is 6.54 Å². The Morgan fingerprint density at radius 3 is 2.96 bits per heavy atom. The fourth-order valence-electron chi connectivity index (χ4n) is 3.42. The molecular weight excluding hydrogens is 342 g/mol. The van der Waals surface area contributed by atoms with E-state index in [-0.39, 0.29) is 18.3 Å². The van der Waals surface area contributed by atoms with E-state index in [0.29, 0.717) is 6.54 Å². The van der Waals surface area contributed by atoms with Crippen LogP contribution in [0.2, 0.25) is 0 Å². The van der Waals surface area contributed by atoms with Crippen molar-refractivity contribution in [1.82, 2.24) is 10.2 Å². The normalized spacial score (nSPS) is 16.7. The number of amides is 1. The molecule has 0 saturated heterocycles. The number of hydrogen-bond acceptors (Lipinski definition) is 4. The number of para-hydroxylation sites is 1. The summed E-state index contributed by atoms with van der Waals surface area (Å²) in [5, 5.41) is 5.56. The molecule has 0 bridgehead atoms. The van der Waals surface area contributed by atoms with Crippen LogP contribution in [0.25, 0.3) is 0 Å². The third-order valence-electron chi connectivity index (χ3n) is 4.69. The number of nitrogens with zero attached hydrogens (tertiary/aromatic N) is 2. The summed E-state index contributed by atoms with van der Waals surface area (Å²) in [6.07, 6.45) is 0.997. The van der Waals surface area contributed by atoms with Gasteiger partial charge < -0.3 is 15.1 Å². The minimum Gasteiger partial charge on any atom is -0.361 e. The van der Waals surface area contributed by atoms with Crippen molar-refractivity contribution in [3.63, 3.8) is 0 Å². The number of carbonyl (C=O) groups is 1. The Hall–Kier alpha value is -1.56. The molecule has 6 heteroatoms. The van der Waals surface area contributed by atoms with Gasteiger partial charge in [0, 0.05) is 43.3 Å². The molecule has 1 N–H and O–H groups in total. The van der Waals surface area contributed by atoms with Gasteiger partial charge in [-0.2, -0.15) is 0 Å². The maximum absolute atomic E-state index is 12.8. The predicted molar refractivity (Wildman–Crippen MR) is 101 cm³/mol. The van der Waals surface area contributed by atoms with Crippen LogP contribution in [0.1, 0.15) is 16.0 Å². The van der Waals surface area contributed by atoms with Crippen molar-refractivity contribution in [1.29, 1.82) is 0 Å². The molecule has 1 aromatic carbocycles. The zero-order valence-corrected chi connectivity index (χ0v) is 15.2. The van der Waals surface area contributed by atoms with Crippen LogP contribution in [0.5, 0.6) is 0 Å². The largest absolute Gasteiger partial charge is 0.361 e. The van der Waals surface area contributed by atoms with E-state index in [1.165, 1.54) is 21.7 Å². The molecule has 2 aliphatic heterocycles.